The Kier molecular flexibility index (Phi) is 11.7. The average molecular weight is 590 g/mol. The van der Waals surface area contributed by atoms with E-state index in [1.807, 2.05) is 20.8 Å². The Labute approximate surface area is 234 Å². The summed E-state index contributed by atoms with van der Waals surface area (Å²) in [7, 11) is 0. The molecule has 2 aliphatic rings. The molecule has 0 bridgehead atoms. The molecule has 0 aromatic heterocycles. The number of halogens is 3. The Hall–Kier alpha value is -4.08. The van der Waals surface area contributed by atoms with Crippen LogP contribution in [0.1, 0.15) is 27.2 Å². The van der Waals surface area contributed by atoms with Gasteiger partial charge in [-0.1, -0.05) is 6.07 Å². The van der Waals surface area contributed by atoms with Gasteiger partial charge in [0.05, 0.1) is 0 Å². The van der Waals surface area contributed by atoms with Crippen molar-refractivity contribution in [2.75, 3.05) is 57.3 Å². The highest BCUT2D eigenvalue weighted by Crippen LogP contribution is 2.23. The van der Waals surface area contributed by atoms with Gasteiger partial charge in [0, 0.05) is 64.0 Å². The first-order valence-corrected chi connectivity index (χ1v) is 12.7. The number of urea groups is 1. The summed E-state index contributed by atoms with van der Waals surface area (Å²) in [5.74, 6) is -2.85. The molecule has 3 rings (SSSR count). The number of imide groups is 1. The van der Waals surface area contributed by atoms with Crippen molar-refractivity contribution in [2.45, 2.75) is 39.0 Å². The first kappa shape index (κ1) is 33.1. The number of rotatable bonds is 7. The van der Waals surface area contributed by atoms with Gasteiger partial charge in [-0.15, -0.1) is 0 Å². The lowest BCUT2D eigenvalue weighted by molar-refractivity contribution is -0.192. The van der Waals surface area contributed by atoms with Crippen molar-refractivity contribution in [1.82, 2.24) is 20.4 Å². The van der Waals surface area contributed by atoms with E-state index in [1.54, 1.807) is 29.2 Å². The quantitative estimate of drug-likeness (QED) is 0.431. The van der Waals surface area contributed by atoms with E-state index in [1.165, 1.54) is 4.90 Å². The third-order valence-electron chi connectivity index (χ3n) is 5.57. The van der Waals surface area contributed by atoms with Gasteiger partial charge in [-0.3, -0.25) is 24.7 Å². The minimum Gasteiger partial charge on any atom is -0.484 e. The zero-order valence-corrected chi connectivity index (χ0v) is 23.0. The Balaban J connectivity index is 0.000000745. The summed E-state index contributed by atoms with van der Waals surface area (Å²) in [5.41, 5.74) is 0.0817. The van der Waals surface area contributed by atoms with Gasteiger partial charge in [0.1, 0.15) is 11.4 Å². The highest BCUT2D eigenvalue weighted by atomic mass is 19.4. The lowest BCUT2D eigenvalue weighted by Crippen LogP contribution is -2.51. The van der Waals surface area contributed by atoms with Crippen molar-refractivity contribution in [3.63, 3.8) is 0 Å². The van der Waals surface area contributed by atoms with Crippen LogP contribution in [0.25, 0.3) is 0 Å². The number of hydrogen-bond acceptors (Lipinski definition) is 8. The van der Waals surface area contributed by atoms with Crippen LogP contribution in [-0.2, 0) is 19.1 Å². The number of carboxylic acids is 1. The first-order valence-electron chi connectivity index (χ1n) is 12.7. The van der Waals surface area contributed by atoms with Crippen molar-refractivity contribution >= 4 is 35.6 Å². The molecule has 0 atom stereocenters. The second kappa shape index (κ2) is 14.5. The van der Waals surface area contributed by atoms with E-state index in [2.05, 4.69) is 15.5 Å². The second-order valence-corrected chi connectivity index (χ2v) is 10.0. The predicted molar refractivity (Wildman–Crippen MR) is 138 cm³/mol. The summed E-state index contributed by atoms with van der Waals surface area (Å²) in [6.45, 7) is 9.44. The van der Waals surface area contributed by atoms with Crippen LogP contribution in [0.15, 0.2) is 24.3 Å². The molecule has 41 heavy (non-hydrogen) atoms. The van der Waals surface area contributed by atoms with E-state index in [-0.39, 0.29) is 30.9 Å². The summed E-state index contributed by atoms with van der Waals surface area (Å²) < 4.78 is 42.7. The van der Waals surface area contributed by atoms with E-state index in [0.717, 1.165) is 0 Å². The average Bonchev–Trinajstić information content (AvgIpc) is 2.87. The van der Waals surface area contributed by atoms with Crippen LogP contribution < -0.4 is 20.3 Å². The molecule has 0 unspecified atom stereocenters. The Morgan fingerprint density at radius 3 is 2.24 bits per heavy atom. The highest BCUT2D eigenvalue weighted by Gasteiger charge is 2.38. The number of carbonyl (C=O) groups is 5. The Bertz CT molecular complexity index is 1100. The second-order valence-electron chi connectivity index (χ2n) is 10.0. The monoisotopic (exact) mass is 589 g/mol. The third-order valence-corrected chi connectivity index (χ3v) is 5.57. The van der Waals surface area contributed by atoms with E-state index >= 15 is 0 Å². The van der Waals surface area contributed by atoms with E-state index in [0.29, 0.717) is 57.3 Å². The van der Waals surface area contributed by atoms with Crippen LogP contribution in [0.4, 0.5) is 28.4 Å². The van der Waals surface area contributed by atoms with E-state index in [9.17, 15) is 32.3 Å². The number of aliphatic carboxylic acids is 1. The molecule has 1 aromatic rings. The summed E-state index contributed by atoms with van der Waals surface area (Å²) in [5, 5.41) is 12.2. The van der Waals surface area contributed by atoms with Gasteiger partial charge in [0.25, 0.3) is 5.91 Å². The van der Waals surface area contributed by atoms with Crippen molar-refractivity contribution in [1.29, 1.82) is 0 Å². The largest absolute Gasteiger partial charge is 0.490 e. The molecule has 0 saturated carbocycles. The van der Waals surface area contributed by atoms with Crippen molar-refractivity contribution in [3.05, 3.63) is 24.3 Å². The maximum absolute atomic E-state index is 12.2. The van der Waals surface area contributed by atoms with Crippen LogP contribution in [-0.4, -0.2) is 109 Å². The third kappa shape index (κ3) is 11.9. The summed E-state index contributed by atoms with van der Waals surface area (Å²) in [6.07, 6.45) is -5.15. The molecule has 0 spiro atoms. The van der Waals surface area contributed by atoms with Crippen LogP contribution in [0.2, 0.25) is 0 Å². The molecule has 0 radical (unpaired) electrons. The lowest BCUT2D eigenvalue weighted by atomic mass is 10.2. The predicted octanol–water partition coefficient (Wildman–Crippen LogP) is 1.81. The molecule has 2 aliphatic heterocycles. The molecule has 1 aromatic carbocycles. The molecule has 2 saturated heterocycles. The van der Waals surface area contributed by atoms with Crippen LogP contribution in [0.5, 0.6) is 5.75 Å². The summed E-state index contributed by atoms with van der Waals surface area (Å²) >= 11 is 0. The number of nitrogens with zero attached hydrogens (tertiary/aromatic N) is 3. The maximum atomic E-state index is 12.2. The number of carboxylic acid groups (broad SMARTS) is 1. The maximum Gasteiger partial charge on any atom is 0.490 e. The number of hydrogen-bond donors (Lipinski definition) is 3. The topological polar surface area (TPSA) is 158 Å². The summed E-state index contributed by atoms with van der Waals surface area (Å²) in [6, 6.07) is 6.35. The Morgan fingerprint density at radius 1 is 1.05 bits per heavy atom. The minimum absolute atomic E-state index is 0.152. The number of amides is 5. The van der Waals surface area contributed by atoms with E-state index in [4.69, 9.17) is 19.4 Å². The van der Waals surface area contributed by atoms with Gasteiger partial charge < -0.3 is 24.8 Å². The number of anilines is 1. The Morgan fingerprint density at radius 2 is 1.68 bits per heavy atom. The highest BCUT2D eigenvalue weighted by molar-refractivity contribution is 6.05. The standard InChI is InChI=1S/C23H33N5O6.C2HF3O2/c1-23(2,3)34-22(32)27-13-11-26(12-14-27)10-8-24-20(30)16-33-18-6-4-5-17(15-18)28-9-7-19(29)25-21(28)31;3-2(4,5)1(6)7/h4-6,15H,7-14,16H2,1-3H3,(H,24,30)(H,25,29,31);(H,6,7). The lowest BCUT2D eigenvalue weighted by Gasteiger charge is -2.35. The molecule has 0 aliphatic carbocycles. The number of ether oxygens (including phenoxy) is 2. The van der Waals surface area contributed by atoms with Crippen LogP contribution in [0.3, 0.4) is 0 Å². The normalized spacial score (nSPS) is 16.2. The van der Waals surface area contributed by atoms with Crippen LogP contribution in [0, 0.1) is 0 Å². The molecule has 228 valence electrons. The minimum atomic E-state index is -5.08. The van der Waals surface area contributed by atoms with Crippen molar-refractivity contribution < 1.29 is 51.7 Å². The molecular formula is C25H34F3N5O8. The number of piperazine rings is 1. The van der Waals surface area contributed by atoms with Gasteiger partial charge in [-0.25, -0.2) is 14.4 Å². The SMILES string of the molecule is CC(C)(C)OC(=O)N1CCN(CCNC(=O)COc2cccc(N3CCC(=O)NC3=O)c2)CC1.O=C(O)C(F)(F)F. The summed E-state index contributed by atoms with van der Waals surface area (Å²) in [4.78, 5) is 61.8. The molecule has 13 nitrogen and oxygen atoms in total. The van der Waals surface area contributed by atoms with Gasteiger partial charge in [0.2, 0.25) is 5.91 Å². The number of alkyl halides is 3. The van der Waals surface area contributed by atoms with Crippen molar-refractivity contribution in [2.24, 2.45) is 0 Å². The van der Waals surface area contributed by atoms with Gasteiger partial charge in [0.15, 0.2) is 6.61 Å². The molecule has 5 amide bonds. The molecular weight excluding hydrogens is 555 g/mol. The fourth-order valence-electron chi connectivity index (χ4n) is 3.59. The smallest absolute Gasteiger partial charge is 0.484 e. The number of carbonyl (C=O) groups excluding carboxylic acids is 4. The van der Waals surface area contributed by atoms with Crippen molar-refractivity contribution in [3.8, 4) is 5.75 Å². The fourth-order valence-corrected chi connectivity index (χ4v) is 3.59. The number of nitrogens with one attached hydrogen (secondary N) is 2. The molecule has 2 heterocycles. The van der Waals surface area contributed by atoms with Crippen LogP contribution >= 0.6 is 0 Å². The zero-order chi connectivity index (χ0) is 30.8. The first-order chi connectivity index (χ1) is 19.0. The van der Waals surface area contributed by atoms with Gasteiger partial charge >= 0.3 is 24.3 Å². The van der Waals surface area contributed by atoms with E-state index < -0.39 is 23.8 Å². The fraction of sp³-hybridized carbons (Fsp3) is 0.560. The molecule has 3 N–H and O–H groups in total. The zero-order valence-electron chi connectivity index (χ0n) is 23.0. The van der Waals surface area contributed by atoms with Gasteiger partial charge in [-0.2, -0.15) is 13.2 Å². The van der Waals surface area contributed by atoms with Gasteiger partial charge in [-0.05, 0) is 32.9 Å². The number of benzene rings is 1. The molecule has 16 heteroatoms. The molecule has 2 fully saturated rings.